The van der Waals surface area contributed by atoms with Gasteiger partial charge in [-0.2, -0.15) is 22.0 Å². The SMILES string of the molecule is CC12CC(c3ccc(C(=O)N4CCCCC4)cc3)C3=C4CCC(=O)C=C4CCC3C1CCC2OC(F)(F)C(F)(F)F. The molecular weight excluding hydrogens is 541 g/mol. The van der Waals surface area contributed by atoms with Crippen LogP contribution in [0.5, 0.6) is 0 Å². The molecule has 4 aliphatic carbocycles. The van der Waals surface area contributed by atoms with E-state index >= 15 is 0 Å². The monoisotopic (exact) mass is 577 g/mol. The van der Waals surface area contributed by atoms with Gasteiger partial charge < -0.3 is 9.64 Å². The summed E-state index contributed by atoms with van der Waals surface area (Å²) in [6.07, 6.45) is -3.93. The number of allylic oxidation sites excluding steroid dienone is 4. The van der Waals surface area contributed by atoms with Crippen molar-refractivity contribution in [3.8, 4) is 0 Å². The molecule has 4 nitrogen and oxygen atoms in total. The van der Waals surface area contributed by atoms with Gasteiger partial charge in [-0.3, -0.25) is 9.59 Å². The molecule has 0 radical (unpaired) electrons. The number of alkyl halides is 5. The number of hydrogen-bond donors (Lipinski definition) is 0. The Bertz CT molecular complexity index is 1280. The third-order valence-electron chi connectivity index (χ3n) is 10.5. The third kappa shape index (κ3) is 4.96. The van der Waals surface area contributed by atoms with Gasteiger partial charge in [0.2, 0.25) is 0 Å². The zero-order chi connectivity index (χ0) is 29.2. The van der Waals surface area contributed by atoms with Crippen LogP contribution in [-0.2, 0) is 9.53 Å². The molecule has 1 aromatic rings. The van der Waals surface area contributed by atoms with E-state index in [1.165, 1.54) is 5.57 Å². The lowest BCUT2D eigenvalue weighted by molar-refractivity contribution is -0.408. The number of carbonyl (C=O) groups excluding carboxylic acids is 2. The second-order valence-corrected chi connectivity index (χ2v) is 12.8. The summed E-state index contributed by atoms with van der Waals surface area (Å²) < 4.78 is 72.4. The van der Waals surface area contributed by atoms with Crippen LogP contribution in [0.25, 0.3) is 0 Å². The Morgan fingerprint density at radius 3 is 2.34 bits per heavy atom. The summed E-state index contributed by atoms with van der Waals surface area (Å²) in [7, 11) is 0. The second kappa shape index (κ2) is 10.3. The third-order valence-corrected chi connectivity index (χ3v) is 10.5. The molecule has 0 N–H and O–H groups in total. The maximum absolute atomic E-state index is 14.2. The number of rotatable bonds is 4. The largest absolute Gasteiger partial charge is 0.482 e. The summed E-state index contributed by atoms with van der Waals surface area (Å²) in [5.41, 5.74) is 4.01. The van der Waals surface area contributed by atoms with E-state index < -0.39 is 23.8 Å². The van der Waals surface area contributed by atoms with Crippen LogP contribution < -0.4 is 0 Å². The number of amides is 1. The van der Waals surface area contributed by atoms with Gasteiger partial charge in [0.15, 0.2) is 5.78 Å². The molecule has 5 atom stereocenters. The summed E-state index contributed by atoms with van der Waals surface area (Å²) >= 11 is 0. The molecule has 5 unspecified atom stereocenters. The maximum Gasteiger partial charge on any atom is 0.482 e. The Labute approximate surface area is 237 Å². The minimum absolute atomic E-state index is 0.0147. The summed E-state index contributed by atoms with van der Waals surface area (Å²) in [6, 6.07) is 7.45. The van der Waals surface area contributed by atoms with Crippen molar-refractivity contribution in [2.24, 2.45) is 17.3 Å². The van der Waals surface area contributed by atoms with Crippen LogP contribution in [0.1, 0.15) is 93.0 Å². The number of nitrogens with zero attached hydrogens (tertiary/aromatic N) is 1. The molecule has 0 spiro atoms. The number of carbonyl (C=O) groups is 2. The molecule has 222 valence electrons. The van der Waals surface area contributed by atoms with Crippen molar-refractivity contribution in [1.82, 2.24) is 4.90 Å². The molecule has 0 aromatic heterocycles. The first-order valence-electron chi connectivity index (χ1n) is 14.9. The number of ether oxygens (including phenoxy) is 1. The molecule has 5 aliphatic rings. The van der Waals surface area contributed by atoms with E-state index in [-0.39, 0.29) is 35.9 Å². The molecule has 1 aliphatic heterocycles. The second-order valence-electron chi connectivity index (χ2n) is 12.8. The molecular formula is C32H36F5NO3. The highest BCUT2D eigenvalue weighted by Crippen LogP contribution is 2.65. The van der Waals surface area contributed by atoms with E-state index in [4.69, 9.17) is 0 Å². The lowest BCUT2D eigenvalue weighted by atomic mass is 9.53. The van der Waals surface area contributed by atoms with E-state index in [0.29, 0.717) is 37.7 Å². The molecule has 3 fully saturated rings. The fourth-order valence-corrected chi connectivity index (χ4v) is 8.49. The van der Waals surface area contributed by atoms with Crippen LogP contribution in [0, 0.1) is 17.3 Å². The van der Waals surface area contributed by atoms with Gasteiger partial charge in [-0.1, -0.05) is 24.6 Å². The molecule has 2 saturated carbocycles. The van der Waals surface area contributed by atoms with Crippen LogP contribution in [0.4, 0.5) is 22.0 Å². The van der Waals surface area contributed by atoms with Crippen LogP contribution >= 0.6 is 0 Å². The molecule has 1 amide bonds. The molecule has 0 bridgehead atoms. The van der Waals surface area contributed by atoms with E-state index in [1.807, 2.05) is 36.1 Å². The Balaban J connectivity index is 1.37. The van der Waals surface area contributed by atoms with Crippen molar-refractivity contribution in [1.29, 1.82) is 0 Å². The molecule has 1 saturated heterocycles. The van der Waals surface area contributed by atoms with Gasteiger partial charge >= 0.3 is 12.3 Å². The van der Waals surface area contributed by atoms with Gasteiger partial charge in [0.05, 0.1) is 6.10 Å². The predicted molar refractivity (Wildman–Crippen MR) is 142 cm³/mol. The number of piperidine rings is 1. The summed E-state index contributed by atoms with van der Waals surface area (Å²) in [6.45, 7) is 3.29. The lowest BCUT2D eigenvalue weighted by Gasteiger charge is -2.52. The first-order valence-corrected chi connectivity index (χ1v) is 14.9. The van der Waals surface area contributed by atoms with Crippen molar-refractivity contribution in [3.05, 3.63) is 58.2 Å². The highest BCUT2D eigenvalue weighted by Gasteiger charge is 2.65. The molecule has 41 heavy (non-hydrogen) atoms. The molecule has 1 aromatic carbocycles. The standard InChI is InChI=1S/C32H36F5NO3/c1-30-18-25(19-5-7-20(8-6-19)29(40)38-15-3-2-4-16-38)28-23-12-10-22(39)17-21(23)9-11-24(28)26(30)13-14-27(30)41-32(36,37)31(33,34)35/h5-8,17,24-27H,2-4,9-16,18H2,1H3. The zero-order valence-corrected chi connectivity index (χ0v) is 23.2. The number of fused-ring (bicyclic) bond motifs is 4. The van der Waals surface area contributed by atoms with Gasteiger partial charge in [0.25, 0.3) is 5.91 Å². The van der Waals surface area contributed by atoms with Gasteiger partial charge in [0.1, 0.15) is 0 Å². The summed E-state index contributed by atoms with van der Waals surface area (Å²) in [5.74, 6) is -0.212. The van der Waals surface area contributed by atoms with Crippen LogP contribution in [0.2, 0.25) is 0 Å². The lowest BCUT2D eigenvalue weighted by Crippen LogP contribution is -2.50. The van der Waals surface area contributed by atoms with Gasteiger partial charge in [0, 0.05) is 31.0 Å². The van der Waals surface area contributed by atoms with Gasteiger partial charge in [-0.05, 0) is 110 Å². The average molecular weight is 578 g/mol. The highest BCUT2D eigenvalue weighted by atomic mass is 19.4. The van der Waals surface area contributed by atoms with Crippen LogP contribution in [0.15, 0.2) is 47.1 Å². The predicted octanol–water partition coefficient (Wildman–Crippen LogP) is 7.75. The summed E-state index contributed by atoms with van der Waals surface area (Å²) in [5, 5.41) is 0. The Kier molecular flexibility index (Phi) is 7.19. The van der Waals surface area contributed by atoms with Crippen molar-refractivity contribution >= 4 is 11.7 Å². The molecule has 1 heterocycles. The fraction of sp³-hybridized carbons (Fsp3) is 0.625. The molecule has 9 heteroatoms. The maximum atomic E-state index is 14.2. The number of benzene rings is 1. The van der Waals surface area contributed by atoms with Crippen molar-refractivity contribution < 1.29 is 36.3 Å². The quantitative estimate of drug-likeness (QED) is 0.344. The topological polar surface area (TPSA) is 46.6 Å². The average Bonchev–Trinajstić information content (AvgIpc) is 3.26. The number of ketones is 1. The zero-order valence-electron chi connectivity index (χ0n) is 23.2. The smallest absolute Gasteiger partial charge is 0.339 e. The van der Waals surface area contributed by atoms with E-state index in [2.05, 4.69) is 4.74 Å². The van der Waals surface area contributed by atoms with Crippen molar-refractivity contribution in [2.75, 3.05) is 13.1 Å². The Morgan fingerprint density at radius 2 is 1.66 bits per heavy atom. The van der Waals surface area contributed by atoms with Crippen molar-refractivity contribution in [2.45, 2.75) is 95.4 Å². The first kappa shape index (κ1) is 28.6. The van der Waals surface area contributed by atoms with E-state index in [9.17, 15) is 31.5 Å². The first-order chi connectivity index (χ1) is 19.4. The normalized spacial score (nSPS) is 32.3. The van der Waals surface area contributed by atoms with E-state index in [1.54, 1.807) is 6.08 Å². The van der Waals surface area contributed by atoms with Gasteiger partial charge in [-0.25, -0.2) is 0 Å². The highest BCUT2D eigenvalue weighted by molar-refractivity contribution is 5.94. The van der Waals surface area contributed by atoms with Crippen LogP contribution in [-0.4, -0.2) is 48.1 Å². The van der Waals surface area contributed by atoms with Crippen molar-refractivity contribution in [3.63, 3.8) is 0 Å². The van der Waals surface area contributed by atoms with Crippen LogP contribution in [0.3, 0.4) is 0 Å². The Morgan fingerprint density at radius 1 is 0.951 bits per heavy atom. The Hall–Kier alpha value is -2.55. The summed E-state index contributed by atoms with van der Waals surface area (Å²) in [4.78, 5) is 27.2. The van der Waals surface area contributed by atoms with Gasteiger partial charge in [-0.15, -0.1) is 0 Å². The molecule has 6 rings (SSSR count). The van der Waals surface area contributed by atoms with E-state index in [0.717, 1.165) is 55.5 Å². The number of hydrogen-bond acceptors (Lipinski definition) is 3. The minimum Gasteiger partial charge on any atom is -0.339 e. The number of likely N-dealkylation sites (tertiary alicyclic amines) is 1. The fourth-order valence-electron chi connectivity index (χ4n) is 8.49. The number of halogens is 5. The minimum atomic E-state index is -5.78.